The van der Waals surface area contributed by atoms with Crippen LogP contribution in [0, 0.1) is 0 Å². The molecule has 6 nitrogen and oxygen atoms in total. The second-order valence-corrected chi connectivity index (χ2v) is 5.16. The number of carbonyl (C=O) groups is 2. The van der Waals surface area contributed by atoms with E-state index >= 15 is 0 Å². The average Bonchev–Trinajstić information content (AvgIpc) is 2.86. The first-order valence-corrected chi connectivity index (χ1v) is 6.70. The molecule has 0 spiro atoms. The lowest BCUT2D eigenvalue weighted by Gasteiger charge is -2.37. The molecule has 0 saturated carbocycles. The number of nitrogens with zero attached hydrogens (tertiary/aromatic N) is 2. The molecule has 0 aliphatic carbocycles. The molecule has 102 valence electrons. The Labute approximate surface area is 118 Å². The van der Waals surface area contributed by atoms with Gasteiger partial charge in [-0.3, -0.25) is 9.69 Å². The fourth-order valence-electron chi connectivity index (χ4n) is 2.04. The highest BCUT2D eigenvalue weighted by Gasteiger charge is 2.49. The molecule has 0 aromatic carbocycles. The number of methoxy groups -OCH3 is 1. The zero-order valence-corrected chi connectivity index (χ0v) is 11.3. The van der Waals surface area contributed by atoms with Crippen LogP contribution in [0.3, 0.4) is 0 Å². The van der Waals surface area contributed by atoms with Gasteiger partial charge >= 0.3 is 5.97 Å². The lowest BCUT2D eigenvalue weighted by atomic mass is 10.0. The number of pyridine rings is 1. The van der Waals surface area contributed by atoms with Crippen molar-refractivity contribution >= 4 is 29.7 Å². The Morgan fingerprint density at radius 1 is 1.55 bits per heavy atom. The van der Waals surface area contributed by atoms with Crippen LogP contribution in [0.25, 0.3) is 6.08 Å². The number of aromatic nitrogens is 1. The Balaban J connectivity index is 1.82. The summed E-state index contributed by atoms with van der Waals surface area (Å²) < 4.78 is 4.96. The smallest absolute Gasteiger partial charge is 0.353 e. The molecule has 1 saturated heterocycles. The molecule has 0 unspecified atom stereocenters. The van der Waals surface area contributed by atoms with E-state index in [1.165, 1.54) is 29.2 Å². The molecular formula is C13H10N2O4S. The summed E-state index contributed by atoms with van der Waals surface area (Å²) in [6, 6.07) is 3.50. The highest BCUT2D eigenvalue weighted by Crippen LogP contribution is 2.45. The first kappa shape index (κ1) is 12.7. The van der Waals surface area contributed by atoms with Gasteiger partial charge in [0.05, 0.1) is 12.7 Å². The molecule has 3 heterocycles. The number of thioether (sulfide) groups is 1. The van der Waals surface area contributed by atoms with Gasteiger partial charge in [0.25, 0.3) is 5.91 Å². The van der Waals surface area contributed by atoms with E-state index in [1.807, 2.05) is 0 Å². The van der Waals surface area contributed by atoms with Gasteiger partial charge in [0.1, 0.15) is 11.1 Å². The zero-order chi connectivity index (χ0) is 14.3. The number of ether oxygens (including phenoxy) is 1. The van der Waals surface area contributed by atoms with Crippen LogP contribution < -0.4 is 4.74 Å². The SMILES string of the molecule is COc1ccc(C=C2C(=O)N3C(C(=O)O)=CS[C@@H]23)cn1. The Kier molecular flexibility index (Phi) is 2.98. The van der Waals surface area contributed by atoms with Crippen LogP contribution in [-0.2, 0) is 9.59 Å². The molecule has 2 aliphatic rings. The third-order valence-electron chi connectivity index (χ3n) is 3.04. The van der Waals surface area contributed by atoms with Gasteiger partial charge in [-0.25, -0.2) is 9.78 Å². The Hall–Kier alpha value is -2.28. The molecule has 1 aromatic rings. The molecule has 2 aliphatic heterocycles. The Morgan fingerprint density at radius 2 is 2.35 bits per heavy atom. The molecule has 20 heavy (non-hydrogen) atoms. The number of fused-ring (bicyclic) bond motifs is 1. The van der Waals surface area contributed by atoms with E-state index in [9.17, 15) is 9.59 Å². The number of amides is 1. The minimum Gasteiger partial charge on any atom is -0.481 e. The van der Waals surface area contributed by atoms with Crippen molar-refractivity contribution in [1.82, 2.24) is 9.88 Å². The zero-order valence-electron chi connectivity index (χ0n) is 10.4. The van der Waals surface area contributed by atoms with Crippen LogP contribution in [0.5, 0.6) is 5.88 Å². The van der Waals surface area contributed by atoms with Gasteiger partial charge in [-0.05, 0) is 17.7 Å². The van der Waals surface area contributed by atoms with Gasteiger partial charge in [-0.15, -0.1) is 11.8 Å². The second kappa shape index (κ2) is 4.68. The molecule has 7 heteroatoms. The van der Waals surface area contributed by atoms with Crippen LogP contribution in [0.4, 0.5) is 0 Å². The minimum atomic E-state index is -1.08. The van der Waals surface area contributed by atoms with Crippen molar-refractivity contribution in [3.05, 3.63) is 40.6 Å². The molecule has 1 amide bonds. The first-order valence-electron chi connectivity index (χ1n) is 5.76. The average molecular weight is 290 g/mol. The van der Waals surface area contributed by atoms with Crippen molar-refractivity contribution in [3.63, 3.8) is 0 Å². The summed E-state index contributed by atoms with van der Waals surface area (Å²) in [7, 11) is 1.53. The fraction of sp³-hybridized carbons (Fsp3) is 0.154. The van der Waals surface area contributed by atoms with E-state index in [-0.39, 0.29) is 17.0 Å². The number of carbonyl (C=O) groups excluding carboxylic acids is 1. The van der Waals surface area contributed by atoms with Crippen molar-refractivity contribution in [1.29, 1.82) is 0 Å². The standard InChI is InChI=1S/C13H10N2O4S/c1-19-10-3-2-7(5-14-10)4-8-11(16)15-9(13(17)18)6-20-12(8)15/h2-6,12H,1H3,(H,17,18)/t12-/m0/s1. The fourth-order valence-corrected chi connectivity index (χ4v) is 3.16. The number of hydrogen-bond donors (Lipinski definition) is 1. The van der Waals surface area contributed by atoms with Gasteiger partial charge in [0.2, 0.25) is 5.88 Å². The van der Waals surface area contributed by atoms with E-state index in [2.05, 4.69) is 4.98 Å². The summed E-state index contributed by atoms with van der Waals surface area (Å²) in [6.07, 6.45) is 3.33. The van der Waals surface area contributed by atoms with Crippen molar-refractivity contribution in [2.45, 2.75) is 5.37 Å². The first-order chi connectivity index (χ1) is 9.61. The maximum Gasteiger partial charge on any atom is 0.353 e. The predicted octanol–water partition coefficient (Wildman–Crippen LogP) is 1.31. The maximum absolute atomic E-state index is 12.0. The molecule has 0 radical (unpaired) electrons. The summed E-state index contributed by atoms with van der Waals surface area (Å²) in [6.45, 7) is 0. The van der Waals surface area contributed by atoms with E-state index in [0.717, 1.165) is 5.56 Å². The molecule has 1 atom stereocenters. The van der Waals surface area contributed by atoms with Crippen LogP contribution >= 0.6 is 11.8 Å². The van der Waals surface area contributed by atoms with Crippen LogP contribution in [0.1, 0.15) is 5.56 Å². The van der Waals surface area contributed by atoms with Crippen molar-refractivity contribution in [2.24, 2.45) is 0 Å². The largest absolute Gasteiger partial charge is 0.481 e. The number of hydrogen-bond acceptors (Lipinski definition) is 5. The number of carboxylic acids is 1. The van der Waals surface area contributed by atoms with Gasteiger partial charge < -0.3 is 9.84 Å². The molecule has 3 rings (SSSR count). The van der Waals surface area contributed by atoms with E-state index < -0.39 is 5.97 Å². The summed E-state index contributed by atoms with van der Waals surface area (Å²) in [5, 5.41) is 10.2. The van der Waals surface area contributed by atoms with Gasteiger partial charge in [0, 0.05) is 17.7 Å². The highest BCUT2D eigenvalue weighted by atomic mass is 32.2. The summed E-state index contributed by atoms with van der Waals surface area (Å²) >= 11 is 1.32. The highest BCUT2D eigenvalue weighted by molar-refractivity contribution is 8.03. The lowest BCUT2D eigenvalue weighted by Crippen LogP contribution is -2.51. The monoisotopic (exact) mass is 290 g/mol. The normalized spacial score (nSPS) is 22.4. The number of aliphatic carboxylic acids is 1. The topological polar surface area (TPSA) is 79.7 Å². The van der Waals surface area contributed by atoms with Gasteiger partial charge in [0.15, 0.2) is 0 Å². The van der Waals surface area contributed by atoms with Gasteiger partial charge in [-0.1, -0.05) is 0 Å². The molecule has 0 bridgehead atoms. The third-order valence-corrected chi connectivity index (χ3v) is 4.13. The van der Waals surface area contributed by atoms with Crippen LogP contribution in [-0.4, -0.2) is 39.4 Å². The maximum atomic E-state index is 12.0. The van der Waals surface area contributed by atoms with E-state index in [0.29, 0.717) is 11.5 Å². The number of carboxylic acid groups (broad SMARTS) is 1. The Morgan fingerprint density at radius 3 is 2.95 bits per heavy atom. The Bertz CT molecular complexity index is 651. The molecule has 1 fully saturated rings. The van der Waals surface area contributed by atoms with Crippen molar-refractivity contribution in [3.8, 4) is 5.88 Å². The summed E-state index contributed by atoms with van der Waals surface area (Å²) in [5.74, 6) is -0.859. The van der Waals surface area contributed by atoms with Gasteiger partial charge in [-0.2, -0.15) is 0 Å². The third kappa shape index (κ3) is 1.87. The van der Waals surface area contributed by atoms with Crippen molar-refractivity contribution < 1.29 is 19.4 Å². The predicted molar refractivity (Wildman–Crippen MR) is 72.7 cm³/mol. The summed E-state index contributed by atoms with van der Waals surface area (Å²) in [4.78, 5) is 28.3. The van der Waals surface area contributed by atoms with Crippen LogP contribution in [0.15, 0.2) is 35.0 Å². The second-order valence-electron chi connectivity index (χ2n) is 4.21. The molecule has 1 N–H and O–H groups in total. The van der Waals surface area contributed by atoms with E-state index in [1.54, 1.807) is 24.4 Å². The van der Waals surface area contributed by atoms with Crippen molar-refractivity contribution in [2.75, 3.05) is 7.11 Å². The summed E-state index contributed by atoms with van der Waals surface area (Å²) in [5.41, 5.74) is 1.39. The van der Waals surface area contributed by atoms with E-state index in [4.69, 9.17) is 9.84 Å². The number of rotatable bonds is 3. The molecule has 1 aromatic heterocycles. The lowest BCUT2D eigenvalue weighted by molar-refractivity contribution is -0.141. The minimum absolute atomic E-state index is 0.0370. The van der Waals surface area contributed by atoms with Crippen LogP contribution in [0.2, 0.25) is 0 Å². The quantitative estimate of drug-likeness (QED) is 0.668. The number of β-lactam (4-membered cyclic amide) rings is 1. The molecular weight excluding hydrogens is 280 g/mol.